The molecule has 0 spiro atoms. The molecular formula is C20H32N2O4. The van der Waals surface area contributed by atoms with Crippen molar-refractivity contribution < 1.29 is 19.4 Å². The van der Waals surface area contributed by atoms with Crippen molar-refractivity contribution in [2.45, 2.75) is 65.5 Å². The van der Waals surface area contributed by atoms with Gasteiger partial charge in [-0.15, -0.1) is 6.58 Å². The molecule has 3 atom stereocenters. The zero-order chi connectivity index (χ0) is 19.9. The molecule has 6 heteroatoms. The van der Waals surface area contributed by atoms with Gasteiger partial charge in [-0.25, -0.2) is 4.79 Å². The Morgan fingerprint density at radius 2 is 2.04 bits per heavy atom. The van der Waals surface area contributed by atoms with Crippen molar-refractivity contribution in [2.75, 3.05) is 0 Å². The topological polar surface area (TPSA) is 80.6 Å². The van der Waals surface area contributed by atoms with Crippen molar-refractivity contribution in [3.8, 4) is 5.75 Å². The predicted molar refractivity (Wildman–Crippen MR) is 102 cm³/mol. The molecule has 1 heterocycles. The number of hydrogen-bond acceptors (Lipinski definition) is 4. The lowest BCUT2D eigenvalue weighted by Gasteiger charge is -2.28. The molecule has 0 fully saturated rings. The molecule has 0 bridgehead atoms. The lowest BCUT2D eigenvalue weighted by atomic mass is 9.88. The number of amides is 1. The van der Waals surface area contributed by atoms with E-state index >= 15 is 0 Å². The lowest BCUT2D eigenvalue weighted by Crippen LogP contribution is -2.49. The van der Waals surface area contributed by atoms with Gasteiger partial charge in [-0.3, -0.25) is 9.36 Å². The Kier molecular flexibility index (Phi) is 7.93. The minimum Gasteiger partial charge on any atom is -0.506 e. The third kappa shape index (κ3) is 7.33. The molecule has 26 heavy (non-hydrogen) atoms. The summed E-state index contributed by atoms with van der Waals surface area (Å²) in [6, 6.07) is 0.683. The average Bonchev–Trinajstić information content (AvgIpc) is 2.94. The van der Waals surface area contributed by atoms with E-state index in [1.165, 1.54) is 23.0 Å². The predicted octanol–water partition coefficient (Wildman–Crippen LogP) is 4.36. The molecule has 1 amide bonds. The molecule has 0 aliphatic carbocycles. The molecule has 0 unspecified atom stereocenters. The van der Waals surface area contributed by atoms with Gasteiger partial charge in [0.25, 0.3) is 5.91 Å². The van der Waals surface area contributed by atoms with Crippen LogP contribution in [0.3, 0.4) is 0 Å². The normalized spacial score (nSPS) is 15.0. The molecule has 6 nitrogen and oxygen atoms in total. The van der Waals surface area contributed by atoms with Crippen LogP contribution < -0.4 is 5.32 Å². The molecule has 0 saturated carbocycles. The third-order valence-corrected chi connectivity index (χ3v) is 4.08. The molecule has 0 saturated heterocycles. The van der Waals surface area contributed by atoms with Gasteiger partial charge >= 0.3 is 6.09 Å². The van der Waals surface area contributed by atoms with E-state index in [4.69, 9.17) is 4.74 Å². The first-order valence-electron chi connectivity index (χ1n) is 9.05. The highest BCUT2D eigenvalue weighted by atomic mass is 16.6. The van der Waals surface area contributed by atoms with Gasteiger partial charge in [0, 0.05) is 6.20 Å². The smallest absolute Gasteiger partial charge is 0.408 e. The van der Waals surface area contributed by atoms with Crippen LogP contribution in [0.25, 0.3) is 0 Å². The monoisotopic (exact) mass is 364 g/mol. The van der Waals surface area contributed by atoms with Gasteiger partial charge in [-0.1, -0.05) is 19.9 Å². The summed E-state index contributed by atoms with van der Waals surface area (Å²) in [6.07, 6.45) is 6.73. The third-order valence-electron chi connectivity index (χ3n) is 4.08. The van der Waals surface area contributed by atoms with Crippen LogP contribution >= 0.6 is 0 Å². The maximum atomic E-state index is 12.9. The second-order valence-electron chi connectivity index (χ2n) is 7.92. The van der Waals surface area contributed by atoms with E-state index < -0.39 is 17.7 Å². The fourth-order valence-electron chi connectivity index (χ4n) is 2.86. The van der Waals surface area contributed by atoms with Gasteiger partial charge in [0.05, 0.1) is 6.20 Å². The number of carbonyl (C=O) groups excluding carboxylic acids is 2. The van der Waals surface area contributed by atoms with Crippen molar-refractivity contribution in [1.29, 1.82) is 0 Å². The van der Waals surface area contributed by atoms with Crippen LogP contribution in [0.1, 0.15) is 58.7 Å². The van der Waals surface area contributed by atoms with E-state index in [-0.39, 0.29) is 17.6 Å². The molecule has 1 aromatic heterocycles. The fourth-order valence-corrected chi connectivity index (χ4v) is 2.86. The van der Waals surface area contributed by atoms with Gasteiger partial charge in [0.2, 0.25) is 0 Å². The van der Waals surface area contributed by atoms with Gasteiger partial charge < -0.3 is 15.2 Å². The van der Waals surface area contributed by atoms with E-state index in [0.717, 1.165) is 19.3 Å². The Morgan fingerprint density at radius 1 is 1.38 bits per heavy atom. The number of allylic oxidation sites excluding steroid dienone is 1. The van der Waals surface area contributed by atoms with Crippen LogP contribution in [0.4, 0.5) is 4.79 Å². The van der Waals surface area contributed by atoms with Crippen molar-refractivity contribution in [3.05, 3.63) is 31.1 Å². The van der Waals surface area contributed by atoms with Crippen LogP contribution in [0.5, 0.6) is 5.75 Å². The first kappa shape index (κ1) is 21.8. The first-order valence-corrected chi connectivity index (χ1v) is 9.05. The zero-order valence-corrected chi connectivity index (χ0v) is 16.5. The highest BCUT2D eigenvalue weighted by Gasteiger charge is 2.30. The number of ether oxygens (including phenoxy) is 1. The largest absolute Gasteiger partial charge is 0.506 e. The Hall–Kier alpha value is -2.24. The van der Waals surface area contributed by atoms with Crippen LogP contribution in [-0.2, 0) is 4.74 Å². The summed E-state index contributed by atoms with van der Waals surface area (Å²) < 4.78 is 6.60. The van der Waals surface area contributed by atoms with Crippen molar-refractivity contribution >= 4 is 12.0 Å². The Labute approximate surface area is 156 Å². The molecular weight excluding hydrogens is 332 g/mol. The van der Waals surface area contributed by atoms with Gasteiger partial charge in [0.1, 0.15) is 17.4 Å². The summed E-state index contributed by atoms with van der Waals surface area (Å²) in [5.41, 5.74) is -0.649. The lowest BCUT2D eigenvalue weighted by molar-refractivity contribution is 0.0455. The number of aromatic nitrogens is 1. The van der Waals surface area contributed by atoms with Crippen LogP contribution in [0.2, 0.25) is 0 Å². The number of nitrogens with one attached hydrogen (secondary N) is 1. The molecule has 0 aliphatic rings. The summed E-state index contributed by atoms with van der Waals surface area (Å²) in [7, 11) is 0. The second-order valence-corrected chi connectivity index (χ2v) is 7.92. The SMILES string of the molecule is C=CCC[C@@H](C)C[C@@H](C)[C@@H](NC(=O)OC(C)(C)C)C(=O)n1ccc(O)c1. The summed E-state index contributed by atoms with van der Waals surface area (Å²) in [6.45, 7) is 13.1. The highest BCUT2D eigenvalue weighted by molar-refractivity contribution is 5.88. The van der Waals surface area contributed by atoms with Crippen molar-refractivity contribution in [1.82, 2.24) is 9.88 Å². The number of carbonyl (C=O) groups is 2. The molecule has 0 aromatic carbocycles. The minimum atomic E-state index is -0.747. The van der Waals surface area contributed by atoms with Gasteiger partial charge in [-0.05, 0) is 57.9 Å². The number of rotatable bonds is 8. The van der Waals surface area contributed by atoms with Gasteiger partial charge in [0.15, 0.2) is 0 Å². The van der Waals surface area contributed by atoms with Crippen molar-refractivity contribution in [3.63, 3.8) is 0 Å². The summed E-state index contributed by atoms with van der Waals surface area (Å²) >= 11 is 0. The molecule has 2 N–H and O–H groups in total. The maximum Gasteiger partial charge on any atom is 0.408 e. The quantitative estimate of drug-likeness (QED) is 0.672. The van der Waals surface area contributed by atoms with E-state index in [1.54, 1.807) is 20.8 Å². The molecule has 1 aromatic rings. The zero-order valence-electron chi connectivity index (χ0n) is 16.5. The summed E-state index contributed by atoms with van der Waals surface area (Å²) in [5.74, 6) is -0.0165. The fraction of sp³-hybridized carbons (Fsp3) is 0.600. The Bertz CT molecular complexity index is 616. The van der Waals surface area contributed by atoms with E-state index in [0.29, 0.717) is 5.92 Å². The number of hydrogen-bond donors (Lipinski definition) is 2. The van der Waals surface area contributed by atoms with E-state index in [9.17, 15) is 14.7 Å². The van der Waals surface area contributed by atoms with E-state index in [2.05, 4.69) is 18.8 Å². The molecule has 1 rings (SSSR count). The minimum absolute atomic E-state index is 0.00127. The highest BCUT2D eigenvalue weighted by Crippen LogP contribution is 2.22. The van der Waals surface area contributed by atoms with E-state index in [1.807, 2.05) is 13.0 Å². The Balaban J connectivity index is 2.91. The van der Waals surface area contributed by atoms with Crippen LogP contribution in [0, 0.1) is 11.8 Å². The standard InChI is InChI=1S/C20H32N2O4/c1-7-8-9-14(2)12-15(3)17(21-19(25)26-20(4,5)6)18(24)22-11-10-16(23)13-22/h7,10-11,13-15,17,23H,1,8-9,12H2,2-6H3,(H,21,25)/t14-,15-,17-/m1/s1. The second kappa shape index (κ2) is 9.46. The van der Waals surface area contributed by atoms with Gasteiger partial charge in [-0.2, -0.15) is 0 Å². The summed E-state index contributed by atoms with van der Waals surface area (Å²) in [4.78, 5) is 25.1. The number of nitrogens with zero attached hydrogens (tertiary/aromatic N) is 1. The van der Waals surface area contributed by atoms with Crippen molar-refractivity contribution in [2.24, 2.45) is 11.8 Å². The average molecular weight is 364 g/mol. The molecule has 0 aliphatic heterocycles. The number of alkyl carbamates (subject to hydrolysis) is 1. The molecule has 0 radical (unpaired) electrons. The molecule has 146 valence electrons. The Morgan fingerprint density at radius 3 is 2.54 bits per heavy atom. The van der Waals surface area contributed by atoms with Crippen LogP contribution in [0.15, 0.2) is 31.1 Å². The summed E-state index contributed by atoms with van der Waals surface area (Å²) in [5, 5.41) is 12.2. The number of aromatic hydroxyl groups is 1. The van der Waals surface area contributed by atoms with Crippen LogP contribution in [-0.4, -0.2) is 33.3 Å². The first-order chi connectivity index (χ1) is 12.0. The maximum absolute atomic E-state index is 12.9.